The fourth-order valence-electron chi connectivity index (χ4n) is 2.26. The summed E-state index contributed by atoms with van der Waals surface area (Å²) in [7, 11) is 1.65. The van der Waals surface area contributed by atoms with Crippen molar-refractivity contribution in [3.05, 3.63) is 29.7 Å². The summed E-state index contributed by atoms with van der Waals surface area (Å²) in [5.74, 6) is 1.90. The molecule has 0 amide bonds. The summed E-state index contributed by atoms with van der Waals surface area (Å²) in [6, 6.07) is 5.79. The van der Waals surface area contributed by atoms with Crippen molar-refractivity contribution in [3.63, 3.8) is 0 Å². The van der Waals surface area contributed by atoms with E-state index in [1.165, 1.54) is 0 Å². The van der Waals surface area contributed by atoms with Gasteiger partial charge in [-0.25, -0.2) is 0 Å². The van der Waals surface area contributed by atoms with Gasteiger partial charge in [0, 0.05) is 18.7 Å². The minimum atomic E-state index is -0.120. The highest BCUT2D eigenvalue weighted by Gasteiger charge is 2.33. The molecule has 1 N–H and O–H groups in total. The SMILES string of the molecule is COc1ccc(-c2noc(COC3(C)CNC3)n2)cc1C. The summed E-state index contributed by atoms with van der Waals surface area (Å²) in [4.78, 5) is 4.37. The molecular weight excluding hydrogens is 270 g/mol. The van der Waals surface area contributed by atoms with Gasteiger partial charge in [-0.3, -0.25) is 0 Å². The van der Waals surface area contributed by atoms with E-state index in [0.717, 1.165) is 30.0 Å². The van der Waals surface area contributed by atoms with Crippen LogP contribution in [0.15, 0.2) is 22.7 Å². The topological polar surface area (TPSA) is 69.4 Å². The van der Waals surface area contributed by atoms with Gasteiger partial charge in [0.1, 0.15) is 12.4 Å². The summed E-state index contributed by atoms with van der Waals surface area (Å²) < 4.78 is 16.3. The Labute approximate surface area is 123 Å². The number of nitrogens with zero attached hydrogens (tertiary/aromatic N) is 2. The zero-order chi connectivity index (χ0) is 14.9. The van der Waals surface area contributed by atoms with Gasteiger partial charge < -0.3 is 19.3 Å². The highest BCUT2D eigenvalue weighted by atomic mass is 16.5. The van der Waals surface area contributed by atoms with Crippen molar-refractivity contribution in [1.82, 2.24) is 15.5 Å². The van der Waals surface area contributed by atoms with Gasteiger partial charge in [-0.15, -0.1) is 0 Å². The average Bonchev–Trinajstić information content (AvgIpc) is 2.92. The number of ether oxygens (including phenoxy) is 2. The molecule has 1 aromatic heterocycles. The fraction of sp³-hybridized carbons (Fsp3) is 0.467. The first kappa shape index (κ1) is 14.0. The second-order valence-electron chi connectivity index (χ2n) is 5.54. The number of hydrogen-bond acceptors (Lipinski definition) is 6. The molecule has 0 aliphatic carbocycles. The third-order valence-corrected chi connectivity index (χ3v) is 3.66. The Bertz CT molecular complexity index is 635. The molecule has 21 heavy (non-hydrogen) atoms. The molecule has 0 atom stereocenters. The van der Waals surface area contributed by atoms with E-state index in [4.69, 9.17) is 14.0 Å². The summed E-state index contributed by atoms with van der Waals surface area (Å²) in [6.45, 7) is 6.09. The number of methoxy groups -OCH3 is 1. The molecule has 0 spiro atoms. The van der Waals surface area contributed by atoms with E-state index in [1.54, 1.807) is 7.11 Å². The molecule has 6 heteroatoms. The van der Waals surface area contributed by atoms with Crippen LogP contribution in [0.25, 0.3) is 11.4 Å². The molecule has 0 radical (unpaired) electrons. The molecule has 0 saturated carbocycles. The lowest BCUT2D eigenvalue weighted by molar-refractivity contribution is -0.0841. The molecule has 3 rings (SSSR count). The van der Waals surface area contributed by atoms with E-state index in [0.29, 0.717) is 18.3 Å². The van der Waals surface area contributed by atoms with Crippen molar-refractivity contribution in [2.75, 3.05) is 20.2 Å². The van der Waals surface area contributed by atoms with E-state index in [9.17, 15) is 0 Å². The summed E-state index contributed by atoms with van der Waals surface area (Å²) in [5.41, 5.74) is 1.82. The standard InChI is InChI=1S/C15H19N3O3/c1-10-6-11(4-5-12(10)19-3)14-17-13(21-18-14)7-20-15(2)8-16-9-15/h4-6,16H,7-9H2,1-3H3. The third kappa shape index (κ3) is 2.91. The van der Waals surface area contributed by atoms with Crippen molar-refractivity contribution in [2.24, 2.45) is 0 Å². The maximum atomic E-state index is 5.78. The molecule has 1 aromatic carbocycles. The normalized spacial score (nSPS) is 16.5. The molecule has 1 aliphatic heterocycles. The van der Waals surface area contributed by atoms with Crippen molar-refractivity contribution < 1.29 is 14.0 Å². The number of nitrogens with one attached hydrogen (secondary N) is 1. The highest BCUT2D eigenvalue weighted by molar-refractivity contribution is 5.58. The van der Waals surface area contributed by atoms with Crippen LogP contribution in [0.2, 0.25) is 0 Å². The maximum Gasteiger partial charge on any atom is 0.252 e. The first-order chi connectivity index (χ1) is 10.1. The molecule has 6 nitrogen and oxygen atoms in total. The molecule has 1 aliphatic rings. The summed E-state index contributed by atoms with van der Waals surface area (Å²) >= 11 is 0. The molecule has 112 valence electrons. The predicted octanol–water partition coefficient (Wildman–Crippen LogP) is 1.93. The summed E-state index contributed by atoms with van der Waals surface area (Å²) in [5, 5.41) is 7.19. The van der Waals surface area contributed by atoms with Crippen LogP contribution in [0.1, 0.15) is 18.4 Å². The van der Waals surface area contributed by atoms with Gasteiger partial charge >= 0.3 is 0 Å². The summed E-state index contributed by atoms with van der Waals surface area (Å²) in [6.07, 6.45) is 0. The van der Waals surface area contributed by atoms with Crippen LogP contribution in [0, 0.1) is 6.92 Å². The molecule has 1 fully saturated rings. The number of hydrogen-bond donors (Lipinski definition) is 1. The van der Waals surface area contributed by atoms with Crippen molar-refractivity contribution >= 4 is 0 Å². The molecule has 0 unspecified atom stereocenters. The Morgan fingerprint density at radius 1 is 1.38 bits per heavy atom. The number of rotatable bonds is 5. The predicted molar refractivity (Wildman–Crippen MR) is 77.1 cm³/mol. The highest BCUT2D eigenvalue weighted by Crippen LogP contribution is 2.24. The number of benzene rings is 1. The zero-order valence-corrected chi connectivity index (χ0v) is 12.5. The van der Waals surface area contributed by atoms with Gasteiger partial charge in [0.2, 0.25) is 5.82 Å². The molecular formula is C15H19N3O3. The van der Waals surface area contributed by atoms with Gasteiger partial charge in [-0.2, -0.15) is 4.98 Å². The Kier molecular flexibility index (Phi) is 3.65. The average molecular weight is 289 g/mol. The smallest absolute Gasteiger partial charge is 0.252 e. The minimum absolute atomic E-state index is 0.120. The number of aromatic nitrogens is 2. The first-order valence-electron chi connectivity index (χ1n) is 6.92. The van der Waals surface area contributed by atoms with Gasteiger partial charge in [0.05, 0.1) is 12.7 Å². The van der Waals surface area contributed by atoms with Gasteiger partial charge in [-0.05, 0) is 37.6 Å². The van der Waals surface area contributed by atoms with Gasteiger partial charge in [0.15, 0.2) is 0 Å². The Morgan fingerprint density at radius 3 is 2.81 bits per heavy atom. The fourth-order valence-corrected chi connectivity index (χ4v) is 2.26. The van der Waals surface area contributed by atoms with Crippen molar-refractivity contribution in [3.8, 4) is 17.1 Å². The van der Waals surface area contributed by atoms with Crippen molar-refractivity contribution in [1.29, 1.82) is 0 Å². The van der Waals surface area contributed by atoms with Crippen LogP contribution >= 0.6 is 0 Å². The van der Waals surface area contributed by atoms with E-state index in [1.807, 2.05) is 25.1 Å². The lowest BCUT2D eigenvalue weighted by atomic mass is 10.0. The lowest BCUT2D eigenvalue weighted by Crippen LogP contribution is -2.58. The van der Waals surface area contributed by atoms with Crippen molar-refractivity contribution in [2.45, 2.75) is 26.1 Å². The van der Waals surface area contributed by atoms with Crippen LogP contribution in [0.5, 0.6) is 5.75 Å². The monoisotopic (exact) mass is 289 g/mol. The second kappa shape index (κ2) is 5.46. The van der Waals surface area contributed by atoms with Crippen LogP contribution in [0.4, 0.5) is 0 Å². The Morgan fingerprint density at radius 2 is 2.19 bits per heavy atom. The van der Waals surface area contributed by atoms with Crippen LogP contribution in [-0.4, -0.2) is 35.9 Å². The molecule has 2 heterocycles. The molecule has 1 saturated heterocycles. The molecule has 2 aromatic rings. The number of aryl methyl sites for hydroxylation is 1. The Balaban J connectivity index is 1.70. The minimum Gasteiger partial charge on any atom is -0.496 e. The van der Waals surface area contributed by atoms with E-state index >= 15 is 0 Å². The van der Waals surface area contributed by atoms with Crippen LogP contribution in [-0.2, 0) is 11.3 Å². The van der Waals surface area contributed by atoms with Gasteiger partial charge in [-0.1, -0.05) is 5.16 Å². The van der Waals surface area contributed by atoms with Gasteiger partial charge in [0.25, 0.3) is 5.89 Å². The maximum absolute atomic E-state index is 5.78. The zero-order valence-electron chi connectivity index (χ0n) is 12.5. The Hall–Kier alpha value is -1.92. The van der Waals surface area contributed by atoms with E-state index in [-0.39, 0.29) is 5.60 Å². The van der Waals surface area contributed by atoms with Crippen LogP contribution in [0.3, 0.4) is 0 Å². The van der Waals surface area contributed by atoms with E-state index < -0.39 is 0 Å². The lowest BCUT2D eigenvalue weighted by Gasteiger charge is -2.38. The largest absolute Gasteiger partial charge is 0.496 e. The quantitative estimate of drug-likeness (QED) is 0.907. The van der Waals surface area contributed by atoms with Crippen LogP contribution < -0.4 is 10.1 Å². The van der Waals surface area contributed by atoms with E-state index in [2.05, 4.69) is 22.4 Å². The first-order valence-corrected chi connectivity index (χ1v) is 6.92. The second-order valence-corrected chi connectivity index (χ2v) is 5.54. The third-order valence-electron chi connectivity index (χ3n) is 3.66. The molecule has 0 bridgehead atoms.